The van der Waals surface area contributed by atoms with Crippen LogP contribution in [0, 0.1) is 18.7 Å². The number of nitrogens with zero attached hydrogens (tertiary/aromatic N) is 3. The highest BCUT2D eigenvalue weighted by Crippen LogP contribution is 2.26. The van der Waals surface area contributed by atoms with E-state index in [0.29, 0.717) is 38.3 Å². The Morgan fingerprint density at radius 3 is 2.56 bits per heavy atom. The van der Waals surface area contributed by atoms with Crippen molar-refractivity contribution < 1.29 is 22.4 Å². The average Bonchev–Trinajstić information content (AvgIpc) is 2.84. The van der Waals surface area contributed by atoms with Gasteiger partial charge >= 0.3 is 0 Å². The number of aryl methyl sites for hydroxylation is 1. The number of benzene rings is 1. The van der Waals surface area contributed by atoms with Gasteiger partial charge in [-0.05, 0) is 62.9 Å². The van der Waals surface area contributed by atoms with Crippen molar-refractivity contribution in [2.75, 3.05) is 31.5 Å². The lowest BCUT2D eigenvalue weighted by atomic mass is 9.96. The number of carbonyl (C=O) groups excluding carboxylic acids is 2. The molecule has 182 valence electrons. The quantitative estimate of drug-likeness (QED) is 0.697. The van der Waals surface area contributed by atoms with Gasteiger partial charge in [0.2, 0.25) is 15.9 Å². The third-order valence-corrected chi connectivity index (χ3v) is 8.24. The summed E-state index contributed by atoms with van der Waals surface area (Å²) in [5.74, 6) is -1.47. The minimum absolute atomic E-state index is 0.0957. The van der Waals surface area contributed by atoms with Gasteiger partial charge in [-0.3, -0.25) is 9.59 Å². The molecule has 1 unspecified atom stereocenters. The molecule has 34 heavy (non-hydrogen) atoms. The van der Waals surface area contributed by atoms with Crippen LogP contribution in [0.3, 0.4) is 0 Å². The summed E-state index contributed by atoms with van der Waals surface area (Å²) in [6.45, 7) is 3.16. The minimum Gasteiger partial charge on any atom is -0.338 e. The highest BCUT2D eigenvalue weighted by Gasteiger charge is 2.32. The van der Waals surface area contributed by atoms with Gasteiger partial charge in [-0.1, -0.05) is 12.5 Å². The number of likely N-dealkylation sites (tertiary alicyclic amines) is 1. The Kier molecular flexibility index (Phi) is 7.27. The van der Waals surface area contributed by atoms with E-state index in [2.05, 4.69) is 10.3 Å². The van der Waals surface area contributed by atoms with Crippen LogP contribution in [0.15, 0.2) is 41.3 Å². The molecule has 1 atom stereocenters. The molecule has 0 bridgehead atoms. The molecule has 1 N–H and O–H groups in total. The summed E-state index contributed by atoms with van der Waals surface area (Å²) in [6, 6.07) is 8.80. The number of halogens is 1. The lowest BCUT2D eigenvalue weighted by Crippen LogP contribution is -2.44. The van der Waals surface area contributed by atoms with Crippen LogP contribution in [0.25, 0.3) is 0 Å². The van der Waals surface area contributed by atoms with E-state index in [0.717, 1.165) is 37.1 Å². The lowest BCUT2D eigenvalue weighted by Gasteiger charge is -2.32. The summed E-state index contributed by atoms with van der Waals surface area (Å²) in [4.78, 5) is 31.3. The van der Waals surface area contributed by atoms with Crippen LogP contribution in [-0.4, -0.2) is 60.6 Å². The molecule has 2 amide bonds. The van der Waals surface area contributed by atoms with E-state index in [1.165, 1.54) is 15.3 Å². The molecule has 1 aromatic heterocycles. The van der Waals surface area contributed by atoms with E-state index in [1.54, 1.807) is 12.1 Å². The molecule has 0 spiro atoms. The number of rotatable bonds is 5. The monoisotopic (exact) mass is 488 g/mol. The first-order valence-corrected chi connectivity index (χ1v) is 13.0. The fraction of sp³-hybridized carbons (Fsp3) is 0.458. The number of hydrogen-bond donors (Lipinski definition) is 1. The van der Waals surface area contributed by atoms with Crippen LogP contribution in [0.1, 0.15) is 48.2 Å². The largest absolute Gasteiger partial charge is 0.338 e. The number of piperidine rings is 2. The Labute approximate surface area is 199 Å². The smallest absolute Gasteiger partial charge is 0.253 e. The van der Waals surface area contributed by atoms with E-state index >= 15 is 0 Å². The normalized spacial score (nSPS) is 19.6. The van der Waals surface area contributed by atoms with Gasteiger partial charge in [0, 0.05) is 37.4 Å². The number of carbonyl (C=O) groups is 2. The third-order valence-electron chi connectivity index (χ3n) is 6.33. The first-order valence-electron chi connectivity index (χ1n) is 11.6. The van der Waals surface area contributed by atoms with E-state index in [-0.39, 0.29) is 18.0 Å². The zero-order valence-electron chi connectivity index (χ0n) is 19.2. The zero-order chi connectivity index (χ0) is 24.3. The zero-order valence-corrected chi connectivity index (χ0v) is 20.0. The summed E-state index contributed by atoms with van der Waals surface area (Å²) in [5.41, 5.74) is 0.878. The van der Waals surface area contributed by atoms with Gasteiger partial charge in [-0.2, -0.15) is 4.31 Å². The maximum absolute atomic E-state index is 14.5. The first kappa shape index (κ1) is 24.3. The number of hydrogen-bond acceptors (Lipinski definition) is 5. The maximum Gasteiger partial charge on any atom is 0.253 e. The Hall–Kier alpha value is -2.85. The fourth-order valence-corrected chi connectivity index (χ4v) is 6.08. The standard InChI is InChI=1S/C24H29FN4O4S/c1-17-7-5-9-22(26-17)27-23(30)19-8-6-12-28(16-19)24(31)18-10-11-20(25)21(15-18)34(32,33)29-13-3-2-4-14-29/h5,7,9-11,15,19H,2-4,6,8,12-14,16H2,1H3,(H,26,27,30). The van der Waals surface area contributed by atoms with Crippen molar-refractivity contribution in [1.29, 1.82) is 0 Å². The topological polar surface area (TPSA) is 99.7 Å². The van der Waals surface area contributed by atoms with Gasteiger partial charge in [0.25, 0.3) is 5.91 Å². The van der Waals surface area contributed by atoms with E-state index in [4.69, 9.17) is 0 Å². The number of nitrogens with one attached hydrogen (secondary N) is 1. The number of sulfonamides is 1. The Balaban J connectivity index is 1.49. The van der Waals surface area contributed by atoms with Crippen LogP contribution < -0.4 is 5.32 Å². The van der Waals surface area contributed by atoms with Gasteiger partial charge in [-0.25, -0.2) is 17.8 Å². The van der Waals surface area contributed by atoms with Crippen molar-refractivity contribution in [3.8, 4) is 0 Å². The van der Waals surface area contributed by atoms with Crippen LogP contribution in [0.5, 0.6) is 0 Å². The molecule has 0 radical (unpaired) electrons. The van der Waals surface area contributed by atoms with Gasteiger partial charge in [0.05, 0.1) is 5.92 Å². The average molecular weight is 489 g/mol. The van der Waals surface area contributed by atoms with Crippen molar-refractivity contribution in [1.82, 2.24) is 14.2 Å². The Bertz CT molecular complexity index is 1180. The molecular formula is C24H29FN4O4S. The van der Waals surface area contributed by atoms with Crippen LogP contribution in [0.4, 0.5) is 10.2 Å². The molecule has 0 aliphatic carbocycles. The summed E-state index contributed by atoms with van der Waals surface area (Å²) in [7, 11) is -4.03. The van der Waals surface area contributed by atoms with Gasteiger partial charge in [-0.15, -0.1) is 0 Å². The van der Waals surface area contributed by atoms with Crippen molar-refractivity contribution in [2.24, 2.45) is 5.92 Å². The molecule has 0 saturated carbocycles. The highest BCUT2D eigenvalue weighted by molar-refractivity contribution is 7.89. The molecule has 2 aliphatic heterocycles. The van der Waals surface area contributed by atoms with Crippen molar-refractivity contribution in [3.05, 3.63) is 53.5 Å². The number of pyridine rings is 1. The van der Waals surface area contributed by atoms with Crippen molar-refractivity contribution in [2.45, 2.75) is 43.9 Å². The predicted molar refractivity (Wildman–Crippen MR) is 125 cm³/mol. The van der Waals surface area contributed by atoms with Crippen molar-refractivity contribution >= 4 is 27.7 Å². The van der Waals surface area contributed by atoms with Gasteiger partial charge in [0.1, 0.15) is 16.5 Å². The maximum atomic E-state index is 14.5. The minimum atomic E-state index is -4.03. The van der Waals surface area contributed by atoms with Crippen LogP contribution >= 0.6 is 0 Å². The van der Waals surface area contributed by atoms with Crippen LogP contribution in [0.2, 0.25) is 0 Å². The van der Waals surface area contributed by atoms with Gasteiger partial charge < -0.3 is 10.2 Å². The van der Waals surface area contributed by atoms with Crippen molar-refractivity contribution in [3.63, 3.8) is 0 Å². The molecule has 2 fully saturated rings. The Morgan fingerprint density at radius 1 is 1.06 bits per heavy atom. The molecule has 3 heterocycles. The summed E-state index contributed by atoms with van der Waals surface area (Å²) >= 11 is 0. The molecule has 8 nitrogen and oxygen atoms in total. The molecule has 2 saturated heterocycles. The number of aromatic nitrogens is 1. The van der Waals surface area contributed by atoms with Crippen LogP contribution in [-0.2, 0) is 14.8 Å². The summed E-state index contributed by atoms with van der Waals surface area (Å²) in [5, 5.41) is 2.80. The van der Waals surface area contributed by atoms with E-state index < -0.39 is 32.6 Å². The van der Waals surface area contributed by atoms with E-state index in [1.807, 2.05) is 13.0 Å². The molecule has 4 rings (SSSR count). The lowest BCUT2D eigenvalue weighted by molar-refractivity contribution is -0.121. The summed E-state index contributed by atoms with van der Waals surface area (Å²) < 4.78 is 41.8. The summed E-state index contributed by atoms with van der Waals surface area (Å²) in [6.07, 6.45) is 3.66. The number of amides is 2. The Morgan fingerprint density at radius 2 is 1.82 bits per heavy atom. The third kappa shape index (κ3) is 5.28. The second kappa shape index (κ2) is 10.2. The highest BCUT2D eigenvalue weighted by atomic mass is 32.2. The molecule has 2 aromatic rings. The molecule has 10 heteroatoms. The number of anilines is 1. The first-order chi connectivity index (χ1) is 16.3. The predicted octanol–water partition coefficient (Wildman–Crippen LogP) is 3.19. The molecular weight excluding hydrogens is 459 g/mol. The SMILES string of the molecule is Cc1cccc(NC(=O)C2CCCN(C(=O)c3ccc(F)c(S(=O)(=O)N4CCCCC4)c3)C2)n1. The van der Waals surface area contributed by atoms with E-state index in [9.17, 15) is 22.4 Å². The molecule has 2 aliphatic rings. The second-order valence-electron chi connectivity index (χ2n) is 8.85. The molecule has 1 aromatic carbocycles. The fourth-order valence-electron chi connectivity index (χ4n) is 4.48. The van der Waals surface area contributed by atoms with Gasteiger partial charge in [0.15, 0.2) is 0 Å². The second-order valence-corrected chi connectivity index (χ2v) is 10.8.